The minimum atomic E-state index is -0.354. The number of hydrogen-bond donors (Lipinski definition) is 1. The van der Waals surface area contributed by atoms with E-state index in [1.54, 1.807) is 6.08 Å². The SMILES string of the molecule is NC(=O)CC=Cc1ccc2c(Cl)ncnc2c1. The first-order chi connectivity index (χ1) is 8.16. The lowest BCUT2D eigenvalue weighted by Crippen LogP contribution is -2.07. The molecule has 0 aliphatic carbocycles. The maximum Gasteiger partial charge on any atom is 0.221 e. The normalized spacial score (nSPS) is 11.1. The summed E-state index contributed by atoms with van der Waals surface area (Å²) in [4.78, 5) is 18.6. The zero-order valence-electron chi connectivity index (χ0n) is 8.93. The van der Waals surface area contributed by atoms with Crippen molar-refractivity contribution in [3.63, 3.8) is 0 Å². The second kappa shape index (κ2) is 4.93. The van der Waals surface area contributed by atoms with Crippen LogP contribution in [-0.4, -0.2) is 15.9 Å². The molecule has 2 rings (SSSR count). The van der Waals surface area contributed by atoms with Crippen LogP contribution < -0.4 is 5.73 Å². The van der Waals surface area contributed by atoms with Crippen LogP contribution in [0.3, 0.4) is 0 Å². The van der Waals surface area contributed by atoms with Crippen LogP contribution in [-0.2, 0) is 4.79 Å². The molecule has 0 fully saturated rings. The van der Waals surface area contributed by atoms with Gasteiger partial charge in [0.1, 0.15) is 11.5 Å². The Morgan fingerprint density at radius 1 is 1.41 bits per heavy atom. The smallest absolute Gasteiger partial charge is 0.221 e. The molecule has 5 heteroatoms. The number of fused-ring (bicyclic) bond motifs is 1. The van der Waals surface area contributed by atoms with Crippen LogP contribution >= 0.6 is 11.6 Å². The molecule has 0 aliphatic rings. The minimum absolute atomic E-state index is 0.225. The summed E-state index contributed by atoms with van der Waals surface area (Å²) in [5.74, 6) is -0.354. The van der Waals surface area contributed by atoms with Crippen LogP contribution in [0.15, 0.2) is 30.6 Å². The zero-order chi connectivity index (χ0) is 12.3. The van der Waals surface area contributed by atoms with Crippen molar-refractivity contribution in [2.45, 2.75) is 6.42 Å². The Bertz CT molecular complexity index is 595. The number of halogens is 1. The highest BCUT2D eigenvalue weighted by Crippen LogP contribution is 2.20. The topological polar surface area (TPSA) is 68.9 Å². The largest absolute Gasteiger partial charge is 0.369 e. The summed E-state index contributed by atoms with van der Waals surface area (Å²) in [6, 6.07) is 5.61. The summed E-state index contributed by atoms with van der Waals surface area (Å²) in [6.45, 7) is 0. The number of aromatic nitrogens is 2. The number of nitrogens with two attached hydrogens (primary N) is 1. The van der Waals surface area contributed by atoms with Gasteiger partial charge in [-0.05, 0) is 17.7 Å². The van der Waals surface area contributed by atoms with E-state index in [0.717, 1.165) is 16.5 Å². The molecule has 2 N–H and O–H groups in total. The average Bonchev–Trinajstić information content (AvgIpc) is 2.29. The van der Waals surface area contributed by atoms with Gasteiger partial charge in [-0.2, -0.15) is 0 Å². The Hall–Kier alpha value is -1.94. The lowest BCUT2D eigenvalue weighted by atomic mass is 10.1. The van der Waals surface area contributed by atoms with Crippen molar-refractivity contribution in [3.05, 3.63) is 41.3 Å². The van der Waals surface area contributed by atoms with Crippen LogP contribution in [0.2, 0.25) is 5.15 Å². The van der Waals surface area contributed by atoms with E-state index in [-0.39, 0.29) is 12.3 Å². The standard InChI is InChI=1S/C12H10ClN3O/c13-12-9-5-4-8(2-1-3-11(14)17)6-10(9)15-7-16-12/h1-2,4-7H,3H2,(H2,14,17). The van der Waals surface area contributed by atoms with Crippen molar-refractivity contribution >= 4 is 34.5 Å². The van der Waals surface area contributed by atoms with E-state index in [2.05, 4.69) is 9.97 Å². The Labute approximate surface area is 103 Å². The number of hydrogen-bond acceptors (Lipinski definition) is 3. The van der Waals surface area contributed by atoms with Gasteiger partial charge in [0.2, 0.25) is 5.91 Å². The minimum Gasteiger partial charge on any atom is -0.369 e. The summed E-state index contributed by atoms with van der Waals surface area (Å²) in [7, 11) is 0. The maximum atomic E-state index is 10.6. The third kappa shape index (κ3) is 2.79. The van der Waals surface area contributed by atoms with E-state index in [9.17, 15) is 4.79 Å². The number of amides is 1. The lowest BCUT2D eigenvalue weighted by molar-refractivity contribution is -0.117. The second-order valence-electron chi connectivity index (χ2n) is 3.51. The van der Waals surface area contributed by atoms with E-state index in [1.807, 2.05) is 24.3 Å². The lowest BCUT2D eigenvalue weighted by Gasteiger charge is -1.99. The molecule has 0 atom stereocenters. The predicted molar refractivity (Wildman–Crippen MR) is 67.4 cm³/mol. The molecule has 0 unspecified atom stereocenters. The maximum absolute atomic E-state index is 10.6. The predicted octanol–water partition coefficient (Wildman–Crippen LogP) is 2.17. The molecule has 0 bridgehead atoms. The molecule has 0 spiro atoms. The summed E-state index contributed by atoms with van der Waals surface area (Å²) < 4.78 is 0. The monoisotopic (exact) mass is 247 g/mol. The van der Waals surface area contributed by atoms with Crippen LogP contribution in [0, 0.1) is 0 Å². The first kappa shape index (κ1) is 11.5. The molecule has 2 aromatic rings. The third-order valence-corrected chi connectivity index (χ3v) is 2.54. The number of rotatable bonds is 3. The summed E-state index contributed by atoms with van der Waals surface area (Å²) >= 11 is 5.92. The van der Waals surface area contributed by atoms with E-state index in [4.69, 9.17) is 17.3 Å². The van der Waals surface area contributed by atoms with Gasteiger partial charge < -0.3 is 5.73 Å². The van der Waals surface area contributed by atoms with Gasteiger partial charge in [0.05, 0.1) is 5.52 Å². The van der Waals surface area contributed by atoms with Crippen LogP contribution in [0.4, 0.5) is 0 Å². The van der Waals surface area contributed by atoms with Crippen molar-refractivity contribution < 1.29 is 4.79 Å². The van der Waals surface area contributed by atoms with Gasteiger partial charge >= 0.3 is 0 Å². The Kier molecular flexibility index (Phi) is 3.35. The molecule has 0 saturated carbocycles. The molecular formula is C12H10ClN3O. The van der Waals surface area contributed by atoms with Crippen molar-refractivity contribution in [1.82, 2.24) is 9.97 Å². The zero-order valence-corrected chi connectivity index (χ0v) is 9.69. The fourth-order valence-corrected chi connectivity index (χ4v) is 1.66. The highest BCUT2D eigenvalue weighted by Gasteiger charge is 2.00. The Balaban J connectivity index is 2.32. The molecule has 1 heterocycles. The average molecular weight is 248 g/mol. The molecular weight excluding hydrogens is 238 g/mol. The number of carbonyl (C=O) groups excluding carboxylic acids is 1. The molecule has 86 valence electrons. The third-order valence-electron chi connectivity index (χ3n) is 2.24. The van der Waals surface area contributed by atoms with Crippen molar-refractivity contribution in [2.75, 3.05) is 0 Å². The molecule has 0 aliphatic heterocycles. The van der Waals surface area contributed by atoms with Crippen molar-refractivity contribution in [3.8, 4) is 0 Å². The quantitative estimate of drug-likeness (QED) is 0.845. The van der Waals surface area contributed by atoms with E-state index >= 15 is 0 Å². The van der Waals surface area contributed by atoms with Crippen LogP contribution in [0.25, 0.3) is 17.0 Å². The molecule has 17 heavy (non-hydrogen) atoms. The number of primary amides is 1. The van der Waals surface area contributed by atoms with Crippen molar-refractivity contribution in [1.29, 1.82) is 0 Å². The van der Waals surface area contributed by atoms with Crippen LogP contribution in [0.5, 0.6) is 0 Å². The first-order valence-corrected chi connectivity index (χ1v) is 5.40. The fourth-order valence-electron chi connectivity index (χ4n) is 1.46. The van der Waals surface area contributed by atoms with Gasteiger partial charge in [0.15, 0.2) is 0 Å². The van der Waals surface area contributed by atoms with E-state index < -0.39 is 0 Å². The van der Waals surface area contributed by atoms with Gasteiger partial charge in [-0.25, -0.2) is 9.97 Å². The summed E-state index contributed by atoms with van der Waals surface area (Å²) in [5.41, 5.74) is 6.75. The van der Waals surface area contributed by atoms with E-state index in [1.165, 1.54) is 6.33 Å². The second-order valence-corrected chi connectivity index (χ2v) is 3.87. The number of benzene rings is 1. The molecule has 1 amide bonds. The van der Waals surface area contributed by atoms with Crippen molar-refractivity contribution in [2.24, 2.45) is 5.73 Å². The molecule has 1 aromatic heterocycles. The molecule has 0 radical (unpaired) electrons. The fraction of sp³-hybridized carbons (Fsp3) is 0.0833. The number of nitrogens with zero attached hydrogens (tertiary/aromatic N) is 2. The van der Waals surface area contributed by atoms with E-state index in [0.29, 0.717) is 5.15 Å². The highest BCUT2D eigenvalue weighted by atomic mass is 35.5. The summed E-state index contributed by atoms with van der Waals surface area (Å²) in [5, 5.41) is 1.24. The summed E-state index contributed by atoms with van der Waals surface area (Å²) in [6.07, 6.45) is 5.18. The van der Waals surface area contributed by atoms with Gasteiger partial charge in [0.25, 0.3) is 0 Å². The Morgan fingerprint density at radius 2 is 2.24 bits per heavy atom. The van der Waals surface area contributed by atoms with Gasteiger partial charge in [-0.3, -0.25) is 4.79 Å². The molecule has 4 nitrogen and oxygen atoms in total. The van der Waals surface area contributed by atoms with Gasteiger partial charge in [-0.1, -0.05) is 29.8 Å². The molecule has 1 aromatic carbocycles. The van der Waals surface area contributed by atoms with Gasteiger partial charge in [0, 0.05) is 11.8 Å². The highest BCUT2D eigenvalue weighted by molar-refractivity contribution is 6.34. The van der Waals surface area contributed by atoms with Crippen LogP contribution in [0.1, 0.15) is 12.0 Å². The first-order valence-electron chi connectivity index (χ1n) is 5.02. The molecule has 0 saturated heterocycles. The number of carbonyl (C=O) groups is 1. The van der Waals surface area contributed by atoms with Gasteiger partial charge in [-0.15, -0.1) is 0 Å². The Morgan fingerprint density at radius 3 is 3.00 bits per heavy atom.